The van der Waals surface area contributed by atoms with Gasteiger partial charge in [-0.15, -0.1) is 0 Å². The average molecular weight is 446 g/mol. The van der Waals surface area contributed by atoms with Crippen LogP contribution in [0.25, 0.3) is 33.7 Å². The van der Waals surface area contributed by atoms with Gasteiger partial charge < -0.3 is 19.3 Å². The summed E-state index contributed by atoms with van der Waals surface area (Å²) in [4.78, 5) is 15.1. The highest BCUT2D eigenvalue weighted by Crippen LogP contribution is 2.32. The number of rotatable bonds is 7. The number of hydrogen-bond donors (Lipinski definition) is 2. The molecule has 9 heteroatoms. The van der Waals surface area contributed by atoms with Crippen molar-refractivity contribution in [3.05, 3.63) is 52.6 Å². The zero-order valence-electron chi connectivity index (χ0n) is 15.7. The molecule has 0 saturated heterocycles. The molecule has 0 saturated carbocycles. The van der Waals surface area contributed by atoms with Crippen molar-refractivity contribution in [2.75, 3.05) is 0 Å². The summed E-state index contributed by atoms with van der Waals surface area (Å²) in [7, 11) is 0. The largest absolute Gasteiger partial charge is 0.506 e. The van der Waals surface area contributed by atoms with Crippen molar-refractivity contribution in [1.82, 2.24) is 14.7 Å². The zero-order chi connectivity index (χ0) is 21.3. The molecule has 0 amide bonds. The summed E-state index contributed by atoms with van der Waals surface area (Å²) in [6, 6.07) is 10.4. The summed E-state index contributed by atoms with van der Waals surface area (Å²) in [5.41, 5.74) is 2.30. The predicted molar refractivity (Wildman–Crippen MR) is 114 cm³/mol. The summed E-state index contributed by atoms with van der Waals surface area (Å²) in [6.45, 7) is 0.684. The second-order valence-corrected chi connectivity index (χ2v) is 7.66. The SMILES string of the molecule is O=C(O)CCCCn1cc(Cl)c2cc(-c3noc(-c4ccc(O)c(Cl)c4)n3)ccc21. The third-order valence-electron chi connectivity index (χ3n) is 4.75. The van der Waals surface area contributed by atoms with Gasteiger partial charge in [-0.1, -0.05) is 28.4 Å². The van der Waals surface area contributed by atoms with Crippen LogP contribution in [-0.4, -0.2) is 30.9 Å². The van der Waals surface area contributed by atoms with E-state index in [0.717, 1.165) is 22.9 Å². The Labute approximate surface area is 181 Å². The Morgan fingerprint density at radius 2 is 1.87 bits per heavy atom. The number of aryl methyl sites for hydroxylation is 1. The molecule has 2 N–H and O–H groups in total. The van der Waals surface area contributed by atoms with Gasteiger partial charge in [0.05, 0.1) is 10.0 Å². The second kappa shape index (κ2) is 8.38. The quantitative estimate of drug-likeness (QED) is 0.357. The van der Waals surface area contributed by atoms with Crippen LogP contribution in [0.1, 0.15) is 19.3 Å². The molecule has 7 nitrogen and oxygen atoms in total. The van der Waals surface area contributed by atoms with Crippen LogP contribution in [0.15, 0.2) is 47.1 Å². The normalized spacial score (nSPS) is 11.3. The molecule has 0 bridgehead atoms. The number of phenols is 1. The summed E-state index contributed by atoms with van der Waals surface area (Å²) >= 11 is 12.4. The van der Waals surface area contributed by atoms with Crippen LogP contribution in [0.5, 0.6) is 5.75 Å². The number of carboxylic acids is 1. The van der Waals surface area contributed by atoms with Crippen molar-refractivity contribution in [1.29, 1.82) is 0 Å². The van der Waals surface area contributed by atoms with E-state index in [2.05, 4.69) is 10.1 Å². The van der Waals surface area contributed by atoms with Crippen molar-refractivity contribution >= 4 is 40.1 Å². The lowest BCUT2D eigenvalue weighted by Crippen LogP contribution is -1.99. The van der Waals surface area contributed by atoms with E-state index < -0.39 is 5.97 Å². The highest BCUT2D eigenvalue weighted by molar-refractivity contribution is 6.35. The number of fused-ring (bicyclic) bond motifs is 1. The molecule has 0 fully saturated rings. The van der Waals surface area contributed by atoms with Gasteiger partial charge in [-0.2, -0.15) is 4.98 Å². The van der Waals surface area contributed by atoms with Crippen LogP contribution in [-0.2, 0) is 11.3 Å². The van der Waals surface area contributed by atoms with Crippen LogP contribution < -0.4 is 0 Å². The van der Waals surface area contributed by atoms with Crippen molar-refractivity contribution in [3.8, 4) is 28.6 Å². The molecule has 0 aliphatic carbocycles. The number of halogens is 2. The minimum atomic E-state index is -0.788. The molecule has 0 aliphatic rings. The van der Waals surface area contributed by atoms with Crippen LogP contribution >= 0.6 is 23.2 Å². The number of nitrogens with zero attached hydrogens (tertiary/aromatic N) is 3. The minimum absolute atomic E-state index is 0.0206. The lowest BCUT2D eigenvalue weighted by Gasteiger charge is -2.05. The topological polar surface area (TPSA) is 101 Å². The van der Waals surface area contributed by atoms with Crippen LogP contribution in [0.2, 0.25) is 10.0 Å². The van der Waals surface area contributed by atoms with E-state index in [0.29, 0.717) is 29.4 Å². The standard InChI is InChI=1S/C21H17Cl2N3O4/c22-15-10-13(5-7-18(15)27)21-24-20(25-30-21)12-4-6-17-14(9-12)16(23)11-26(17)8-2-1-3-19(28)29/h4-7,9-11,27H,1-3,8H2,(H,28,29). The molecule has 0 radical (unpaired) electrons. The first-order valence-corrected chi connectivity index (χ1v) is 10.0. The summed E-state index contributed by atoms with van der Waals surface area (Å²) in [5.74, 6) is -0.118. The lowest BCUT2D eigenvalue weighted by molar-refractivity contribution is -0.137. The Bertz CT molecular complexity index is 1230. The van der Waals surface area contributed by atoms with Crippen molar-refractivity contribution in [2.24, 2.45) is 0 Å². The number of aliphatic carboxylic acids is 1. The Balaban J connectivity index is 1.58. The molecule has 4 rings (SSSR count). The van der Waals surface area contributed by atoms with E-state index in [1.165, 1.54) is 6.07 Å². The van der Waals surface area contributed by atoms with Gasteiger partial charge in [-0.25, -0.2) is 0 Å². The molecule has 2 heterocycles. The molecule has 30 heavy (non-hydrogen) atoms. The minimum Gasteiger partial charge on any atom is -0.506 e. The van der Waals surface area contributed by atoms with Crippen molar-refractivity contribution < 1.29 is 19.5 Å². The Morgan fingerprint density at radius 3 is 2.63 bits per heavy atom. The van der Waals surface area contributed by atoms with E-state index in [1.807, 2.05) is 29.0 Å². The smallest absolute Gasteiger partial charge is 0.303 e. The number of hydrogen-bond acceptors (Lipinski definition) is 5. The number of carboxylic acid groups (broad SMARTS) is 1. The van der Waals surface area contributed by atoms with E-state index in [4.69, 9.17) is 32.8 Å². The second-order valence-electron chi connectivity index (χ2n) is 6.84. The number of aromatic nitrogens is 3. The van der Waals surface area contributed by atoms with Gasteiger partial charge in [0, 0.05) is 41.2 Å². The van der Waals surface area contributed by atoms with Gasteiger partial charge in [-0.05, 0) is 49.2 Å². The van der Waals surface area contributed by atoms with Crippen molar-refractivity contribution in [3.63, 3.8) is 0 Å². The highest BCUT2D eigenvalue weighted by atomic mass is 35.5. The monoisotopic (exact) mass is 445 g/mol. The van der Waals surface area contributed by atoms with Crippen LogP contribution in [0.4, 0.5) is 0 Å². The van der Waals surface area contributed by atoms with Crippen LogP contribution in [0.3, 0.4) is 0 Å². The fraction of sp³-hybridized carbons (Fsp3) is 0.190. The molecular formula is C21H17Cl2N3O4. The number of benzene rings is 2. The van der Waals surface area contributed by atoms with E-state index in [9.17, 15) is 9.90 Å². The summed E-state index contributed by atoms with van der Waals surface area (Å²) < 4.78 is 7.36. The highest BCUT2D eigenvalue weighted by Gasteiger charge is 2.14. The first-order chi connectivity index (χ1) is 14.4. The van der Waals surface area contributed by atoms with Crippen molar-refractivity contribution in [2.45, 2.75) is 25.8 Å². The maximum absolute atomic E-state index is 10.7. The third kappa shape index (κ3) is 4.13. The van der Waals surface area contributed by atoms with Gasteiger partial charge in [-0.3, -0.25) is 4.79 Å². The molecule has 154 valence electrons. The molecule has 4 aromatic rings. The number of phenolic OH excluding ortho intramolecular Hbond substituents is 1. The molecule has 2 aromatic carbocycles. The van der Waals surface area contributed by atoms with E-state index in [-0.39, 0.29) is 23.1 Å². The number of aromatic hydroxyl groups is 1. The Kier molecular flexibility index (Phi) is 5.65. The fourth-order valence-electron chi connectivity index (χ4n) is 3.23. The van der Waals surface area contributed by atoms with Gasteiger partial charge in [0.15, 0.2) is 0 Å². The first-order valence-electron chi connectivity index (χ1n) is 9.25. The molecule has 2 aromatic heterocycles. The molecule has 0 aliphatic heterocycles. The maximum atomic E-state index is 10.7. The molecule has 0 unspecified atom stereocenters. The molecular weight excluding hydrogens is 429 g/mol. The molecule has 0 atom stereocenters. The maximum Gasteiger partial charge on any atom is 0.303 e. The lowest BCUT2D eigenvalue weighted by atomic mass is 10.1. The summed E-state index contributed by atoms with van der Waals surface area (Å²) in [6.07, 6.45) is 3.36. The number of carbonyl (C=O) groups is 1. The first kappa shape index (κ1) is 20.3. The van der Waals surface area contributed by atoms with Gasteiger partial charge in [0.2, 0.25) is 5.82 Å². The van der Waals surface area contributed by atoms with E-state index >= 15 is 0 Å². The number of unbranched alkanes of at least 4 members (excludes halogenated alkanes) is 1. The Hall–Kier alpha value is -3.03. The van der Waals surface area contributed by atoms with Gasteiger partial charge in [0.1, 0.15) is 5.75 Å². The third-order valence-corrected chi connectivity index (χ3v) is 5.35. The Morgan fingerprint density at radius 1 is 1.07 bits per heavy atom. The average Bonchev–Trinajstić information content (AvgIpc) is 3.32. The van der Waals surface area contributed by atoms with Gasteiger partial charge in [0.25, 0.3) is 5.89 Å². The fourth-order valence-corrected chi connectivity index (χ4v) is 3.68. The molecule has 0 spiro atoms. The van der Waals surface area contributed by atoms with Crippen LogP contribution in [0, 0.1) is 0 Å². The summed E-state index contributed by atoms with van der Waals surface area (Å²) in [5, 5.41) is 24.0. The van der Waals surface area contributed by atoms with Gasteiger partial charge >= 0.3 is 5.97 Å². The zero-order valence-corrected chi connectivity index (χ0v) is 17.2. The predicted octanol–water partition coefficient (Wildman–Crippen LogP) is 5.63. The van der Waals surface area contributed by atoms with E-state index in [1.54, 1.807) is 12.1 Å².